The quantitative estimate of drug-likeness (QED) is 0.400. The summed E-state index contributed by atoms with van der Waals surface area (Å²) in [7, 11) is 3.62. The van der Waals surface area contributed by atoms with Gasteiger partial charge < -0.3 is 4.74 Å². The average molecular weight is 440 g/mol. The molecular formula is C26H25N5O2. The molecule has 0 aliphatic heterocycles. The molecule has 7 nitrogen and oxygen atoms in total. The number of para-hydroxylation sites is 1. The van der Waals surface area contributed by atoms with Gasteiger partial charge in [-0.3, -0.25) is 19.0 Å². The predicted molar refractivity (Wildman–Crippen MR) is 130 cm³/mol. The summed E-state index contributed by atoms with van der Waals surface area (Å²) in [5.41, 5.74) is 4.57. The van der Waals surface area contributed by atoms with Gasteiger partial charge in [-0.25, -0.2) is 4.98 Å². The van der Waals surface area contributed by atoms with Crippen molar-refractivity contribution in [3.8, 4) is 28.1 Å². The van der Waals surface area contributed by atoms with Gasteiger partial charge in [0.05, 0.1) is 10.9 Å². The number of pyridine rings is 1. The molecule has 0 N–H and O–H groups in total. The fourth-order valence-corrected chi connectivity index (χ4v) is 3.69. The number of hydrogen-bond acceptors (Lipinski definition) is 5. The van der Waals surface area contributed by atoms with Gasteiger partial charge in [0.1, 0.15) is 23.9 Å². The molecule has 3 heterocycles. The zero-order valence-corrected chi connectivity index (χ0v) is 17.8. The number of nitrogens with zero attached hydrogens (tertiary/aromatic N) is 5. The van der Waals surface area contributed by atoms with Crippen LogP contribution in [0.4, 0.5) is 0 Å². The summed E-state index contributed by atoms with van der Waals surface area (Å²) in [5, 5.41) is 5.24. The number of hydrogen-bond donors (Lipinski definition) is 0. The second-order valence-electron chi connectivity index (χ2n) is 7.52. The normalized spacial score (nSPS) is 10.7. The lowest BCUT2D eigenvalue weighted by atomic mass is 10.0. The highest BCUT2D eigenvalue weighted by atomic mass is 16.5. The molecule has 0 amide bonds. The number of fused-ring (bicyclic) bond motifs is 1. The van der Waals surface area contributed by atoms with Gasteiger partial charge in [0.15, 0.2) is 0 Å². The number of rotatable bonds is 5. The van der Waals surface area contributed by atoms with E-state index in [2.05, 4.69) is 15.1 Å². The van der Waals surface area contributed by atoms with Gasteiger partial charge >= 0.3 is 0 Å². The van der Waals surface area contributed by atoms with Crippen molar-refractivity contribution in [2.75, 3.05) is 0 Å². The molecule has 7 heteroatoms. The first-order valence-electron chi connectivity index (χ1n) is 10.2. The first-order chi connectivity index (χ1) is 15.6. The maximum Gasteiger partial charge on any atom is 0.261 e. The zero-order chi connectivity index (χ0) is 22.1. The van der Waals surface area contributed by atoms with Crippen molar-refractivity contribution in [1.82, 2.24) is 24.3 Å². The molecule has 0 unspecified atom stereocenters. The van der Waals surface area contributed by atoms with Crippen LogP contribution in [0, 0.1) is 0 Å². The Balaban J connectivity index is 0.00000259. The molecule has 0 saturated carbocycles. The van der Waals surface area contributed by atoms with Gasteiger partial charge in [-0.1, -0.05) is 19.6 Å². The highest BCUT2D eigenvalue weighted by molar-refractivity contribution is 5.80. The van der Waals surface area contributed by atoms with E-state index in [1.807, 2.05) is 67.8 Å². The molecule has 0 atom stereocenters. The van der Waals surface area contributed by atoms with Crippen LogP contribution >= 0.6 is 0 Å². The standard InChI is InChI=1S/C25H21N5O2.CH4/c1-29-15-21(17-11-13-26-14-12-17)24(28-29)18-7-9-19(10-8-18)32-16-23-27-22-6-4-3-5-20(22)25(31)30(23)2;/h3-15H,16H2,1-2H3;1H4. The van der Waals surface area contributed by atoms with Crippen LogP contribution < -0.4 is 10.3 Å². The maximum atomic E-state index is 12.6. The highest BCUT2D eigenvalue weighted by Gasteiger charge is 2.13. The number of ether oxygens (including phenoxy) is 1. The van der Waals surface area contributed by atoms with Crippen LogP contribution in [0.25, 0.3) is 33.3 Å². The summed E-state index contributed by atoms with van der Waals surface area (Å²) in [6, 6.07) is 19.0. The molecule has 2 aromatic carbocycles. The van der Waals surface area contributed by atoms with Crippen molar-refractivity contribution in [3.05, 3.63) is 95.4 Å². The Morgan fingerprint density at radius 2 is 1.64 bits per heavy atom. The monoisotopic (exact) mass is 439 g/mol. The topological polar surface area (TPSA) is 74.8 Å². The minimum Gasteiger partial charge on any atom is -0.486 e. The Bertz CT molecular complexity index is 1450. The van der Waals surface area contributed by atoms with Crippen LogP contribution in [0.1, 0.15) is 13.3 Å². The molecule has 0 bridgehead atoms. The Morgan fingerprint density at radius 1 is 0.909 bits per heavy atom. The lowest BCUT2D eigenvalue weighted by molar-refractivity contribution is 0.290. The second-order valence-corrected chi connectivity index (χ2v) is 7.52. The fourth-order valence-electron chi connectivity index (χ4n) is 3.69. The lowest BCUT2D eigenvalue weighted by Gasteiger charge is -2.11. The van der Waals surface area contributed by atoms with E-state index in [-0.39, 0.29) is 19.6 Å². The van der Waals surface area contributed by atoms with Crippen molar-refractivity contribution in [3.63, 3.8) is 0 Å². The summed E-state index contributed by atoms with van der Waals surface area (Å²) in [5.74, 6) is 1.26. The molecule has 0 aliphatic carbocycles. The van der Waals surface area contributed by atoms with Crippen LogP contribution in [0.3, 0.4) is 0 Å². The molecule has 0 spiro atoms. The van der Waals surface area contributed by atoms with Crippen LogP contribution in [0.5, 0.6) is 5.75 Å². The number of benzene rings is 2. The highest BCUT2D eigenvalue weighted by Crippen LogP contribution is 2.31. The number of aromatic nitrogens is 5. The first-order valence-corrected chi connectivity index (χ1v) is 10.2. The van der Waals surface area contributed by atoms with E-state index in [1.54, 1.807) is 30.2 Å². The van der Waals surface area contributed by atoms with E-state index in [0.717, 1.165) is 22.4 Å². The van der Waals surface area contributed by atoms with Gasteiger partial charge in [0.25, 0.3) is 5.56 Å². The van der Waals surface area contributed by atoms with E-state index in [1.165, 1.54) is 4.57 Å². The third-order valence-corrected chi connectivity index (χ3v) is 5.39. The molecule has 5 aromatic rings. The third-order valence-electron chi connectivity index (χ3n) is 5.39. The summed E-state index contributed by atoms with van der Waals surface area (Å²) >= 11 is 0. The molecule has 166 valence electrons. The Labute approximate surface area is 192 Å². The van der Waals surface area contributed by atoms with E-state index >= 15 is 0 Å². The summed E-state index contributed by atoms with van der Waals surface area (Å²) in [6.45, 7) is 0.196. The van der Waals surface area contributed by atoms with Crippen molar-refractivity contribution < 1.29 is 4.74 Å². The van der Waals surface area contributed by atoms with Crippen LogP contribution in [0.15, 0.2) is 84.0 Å². The molecule has 3 aromatic heterocycles. The summed E-state index contributed by atoms with van der Waals surface area (Å²) < 4.78 is 9.27. The fraction of sp³-hybridized carbons (Fsp3) is 0.154. The van der Waals surface area contributed by atoms with Crippen LogP contribution in [-0.4, -0.2) is 24.3 Å². The lowest BCUT2D eigenvalue weighted by Crippen LogP contribution is -2.23. The molecule has 0 aliphatic rings. The van der Waals surface area contributed by atoms with E-state index in [4.69, 9.17) is 4.74 Å². The van der Waals surface area contributed by atoms with Gasteiger partial charge in [-0.05, 0) is 54.1 Å². The van der Waals surface area contributed by atoms with Crippen molar-refractivity contribution in [2.24, 2.45) is 14.1 Å². The maximum absolute atomic E-state index is 12.6. The van der Waals surface area contributed by atoms with Gasteiger partial charge in [0, 0.05) is 43.8 Å². The Kier molecular flexibility index (Phi) is 6.04. The van der Waals surface area contributed by atoms with Gasteiger partial charge in [0.2, 0.25) is 0 Å². The first kappa shape index (κ1) is 22.0. The van der Waals surface area contributed by atoms with Crippen LogP contribution in [-0.2, 0) is 20.7 Å². The third kappa shape index (κ3) is 4.25. The van der Waals surface area contributed by atoms with Crippen molar-refractivity contribution in [1.29, 1.82) is 0 Å². The smallest absolute Gasteiger partial charge is 0.261 e. The summed E-state index contributed by atoms with van der Waals surface area (Å²) in [6.07, 6.45) is 5.55. The predicted octanol–water partition coefficient (Wildman–Crippen LogP) is 4.61. The minimum atomic E-state index is -0.0802. The van der Waals surface area contributed by atoms with Gasteiger partial charge in [-0.2, -0.15) is 5.10 Å². The SMILES string of the molecule is C.Cn1cc(-c2ccncc2)c(-c2ccc(OCc3nc4ccccc4c(=O)n3C)cc2)n1. The van der Waals surface area contributed by atoms with Gasteiger partial charge in [-0.15, -0.1) is 0 Å². The molecule has 0 fully saturated rings. The molecule has 33 heavy (non-hydrogen) atoms. The molecule has 5 rings (SSSR count). The zero-order valence-electron chi connectivity index (χ0n) is 17.8. The number of aryl methyl sites for hydroxylation is 1. The Morgan fingerprint density at radius 3 is 2.39 bits per heavy atom. The molecular weight excluding hydrogens is 414 g/mol. The van der Waals surface area contributed by atoms with E-state index in [9.17, 15) is 4.79 Å². The van der Waals surface area contributed by atoms with Crippen LogP contribution in [0.2, 0.25) is 0 Å². The summed E-state index contributed by atoms with van der Waals surface area (Å²) in [4.78, 5) is 21.2. The Hall–Kier alpha value is -4.26. The molecule has 0 radical (unpaired) electrons. The van der Waals surface area contributed by atoms with E-state index < -0.39 is 0 Å². The molecule has 0 saturated heterocycles. The largest absolute Gasteiger partial charge is 0.486 e. The van der Waals surface area contributed by atoms with E-state index in [0.29, 0.717) is 22.5 Å². The second kappa shape index (κ2) is 9.08. The van der Waals surface area contributed by atoms with Crippen molar-refractivity contribution >= 4 is 10.9 Å². The average Bonchev–Trinajstić information content (AvgIpc) is 3.23. The van der Waals surface area contributed by atoms with Crippen molar-refractivity contribution in [2.45, 2.75) is 14.0 Å². The minimum absolute atomic E-state index is 0.